The fourth-order valence-corrected chi connectivity index (χ4v) is 2.05. The van der Waals surface area contributed by atoms with Gasteiger partial charge in [-0.05, 0) is 17.7 Å². The average molecular weight is 259 g/mol. The molecule has 100 valence electrons. The molecule has 0 saturated carbocycles. The van der Waals surface area contributed by atoms with Gasteiger partial charge in [0.1, 0.15) is 11.6 Å². The van der Waals surface area contributed by atoms with Crippen LogP contribution in [0.1, 0.15) is 6.92 Å². The van der Waals surface area contributed by atoms with Gasteiger partial charge in [-0.1, -0.05) is 19.1 Å². The van der Waals surface area contributed by atoms with E-state index in [2.05, 4.69) is 17.1 Å². The molecule has 0 amide bonds. The summed E-state index contributed by atoms with van der Waals surface area (Å²) >= 11 is 0. The smallest absolute Gasteiger partial charge is 0.126 e. The van der Waals surface area contributed by atoms with Gasteiger partial charge in [-0.25, -0.2) is 0 Å². The summed E-state index contributed by atoms with van der Waals surface area (Å²) in [5, 5.41) is 6.64. The number of H-pyrrole nitrogens is 1. The van der Waals surface area contributed by atoms with Crippen LogP contribution in [0.3, 0.4) is 0 Å². The number of rotatable bonds is 4. The van der Waals surface area contributed by atoms with E-state index in [0.717, 1.165) is 30.1 Å². The molecule has 0 spiro atoms. The molecule has 1 fully saturated rings. The molecule has 1 aliphatic heterocycles. The Hall–Kier alpha value is -2.01. The minimum atomic E-state index is 0.160. The standard InChI is InChI=1S/C14H17N3O2/c1-14(7-18-8-14)9-19-11-4-2-10(3-5-11)12-6-16-17-13(12)15/h2-6H,7-9H2,1H3,(H3,15,16,17). The van der Waals surface area contributed by atoms with Gasteiger partial charge in [0.05, 0.1) is 26.0 Å². The molecule has 19 heavy (non-hydrogen) atoms. The Kier molecular flexibility index (Phi) is 2.91. The van der Waals surface area contributed by atoms with E-state index in [0.29, 0.717) is 12.4 Å². The molecule has 1 aromatic carbocycles. The Balaban J connectivity index is 1.67. The number of aromatic amines is 1. The third kappa shape index (κ3) is 2.42. The van der Waals surface area contributed by atoms with Crippen molar-refractivity contribution in [1.29, 1.82) is 0 Å². The van der Waals surface area contributed by atoms with Crippen LogP contribution in [0.5, 0.6) is 5.75 Å². The number of benzene rings is 1. The molecular weight excluding hydrogens is 242 g/mol. The van der Waals surface area contributed by atoms with Crippen molar-refractivity contribution >= 4 is 5.82 Å². The lowest BCUT2D eigenvalue weighted by Gasteiger charge is -2.37. The highest BCUT2D eigenvalue weighted by Crippen LogP contribution is 2.29. The minimum Gasteiger partial charge on any atom is -0.493 e. The van der Waals surface area contributed by atoms with Crippen molar-refractivity contribution in [1.82, 2.24) is 10.2 Å². The van der Waals surface area contributed by atoms with Gasteiger partial charge in [-0.2, -0.15) is 5.10 Å². The van der Waals surface area contributed by atoms with E-state index in [9.17, 15) is 0 Å². The first-order valence-corrected chi connectivity index (χ1v) is 6.26. The van der Waals surface area contributed by atoms with Crippen molar-refractivity contribution in [2.24, 2.45) is 5.41 Å². The fourth-order valence-electron chi connectivity index (χ4n) is 2.05. The summed E-state index contributed by atoms with van der Waals surface area (Å²) in [6.45, 7) is 4.39. The fraction of sp³-hybridized carbons (Fsp3) is 0.357. The molecule has 2 heterocycles. The molecule has 1 aromatic heterocycles. The van der Waals surface area contributed by atoms with Crippen LogP contribution in [-0.4, -0.2) is 30.0 Å². The van der Waals surface area contributed by atoms with Gasteiger partial charge in [0.25, 0.3) is 0 Å². The SMILES string of the molecule is CC1(COc2ccc(-c3cn[nH]c3N)cc2)COC1. The zero-order valence-electron chi connectivity index (χ0n) is 10.8. The van der Waals surface area contributed by atoms with Crippen molar-refractivity contribution in [3.05, 3.63) is 30.5 Å². The second-order valence-electron chi connectivity index (χ2n) is 5.31. The number of aromatic nitrogens is 2. The third-order valence-electron chi connectivity index (χ3n) is 3.32. The molecule has 0 unspecified atom stereocenters. The molecule has 1 saturated heterocycles. The maximum Gasteiger partial charge on any atom is 0.126 e. The molecule has 5 heteroatoms. The van der Waals surface area contributed by atoms with Crippen LogP contribution in [0.15, 0.2) is 30.5 Å². The molecule has 0 aliphatic carbocycles. The van der Waals surface area contributed by atoms with E-state index in [1.807, 2.05) is 24.3 Å². The summed E-state index contributed by atoms with van der Waals surface area (Å²) in [5.74, 6) is 1.44. The Morgan fingerprint density at radius 2 is 2.11 bits per heavy atom. The minimum absolute atomic E-state index is 0.160. The summed E-state index contributed by atoms with van der Waals surface area (Å²) in [5.41, 5.74) is 7.88. The number of nitrogens with one attached hydrogen (secondary N) is 1. The van der Waals surface area contributed by atoms with Gasteiger partial charge in [-0.15, -0.1) is 0 Å². The normalized spacial score (nSPS) is 16.9. The van der Waals surface area contributed by atoms with E-state index in [4.69, 9.17) is 15.2 Å². The van der Waals surface area contributed by atoms with Gasteiger partial charge in [0.15, 0.2) is 0 Å². The third-order valence-corrected chi connectivity index (χ3v) is 3.32. The van der Waals surface area contributed by atoms with Crippen molar-refractivity contribution < 1.29 is 9.47 Å². The average Bonchev–Trinajstić information content (AvgIpc) is 2.81. The van der Waals surface area contributed by atoms with Crippen LogP contribution in [0.25, 0.3) is 11.1 Å². The maximum absolute atomic E-state index is 5.79. The lowest BCUT2D eigenvalue weighted by Crippen LogP contribution is -2.44. The molecule has 3 rings (SSSR count). The van der Waals surface area contributed by atoms with Gasteiger partial charge in [-0.3, -0.25) is 5.10 Å². The number of hydrogen-bond donors (Lipinski definition) is 2. The molecule has 2 aromatic rings. The van der Waals surface area contributed by atoms with Crippen molar-refractivity contribution in [2.75, 3.05) is 25.6 Å². The van der Waals surface area contributed by atoms with Gasteiger partial charge >= 0.3 is 0 Å². The van der Waals surface area contributed by atoms with Crippen LogP contribution in [0.4, 0.5) is 5.82 Å². The van der Waals surface area contributed by atoms with Gasteiger partial charge in [0, 0.05) is 11.0 Å². The Morgan fingerprint density at radius 1 is 1.37 bits per heavy atom. The number of hydrogen-bond acceptors (Lipinski definition) is 4. The van der Waals surface area contributed by atoms with E-state index >= 15 is 0 Å². The predicted octanol–water partition coefficient (Wildman–Crippen LogP) is 2.07. The number of nitrogens with two attached hydrogens (primary N) is 1. The summed E-state index contributed by atoms with van der Waals surface area (Å²) in [4.78, 5) is 0. The highest BCUT2D eigenvalue weighted by Gasteiger charge is 2.34. The molecule has 1 aliphatic rings. The van der Waals surface area contributed by atoms with E-state index in [1.54, 1.807) is 6.20 Å². The molecule has 0 bridgehead atoms. The lowest BCUT2D eigenvalue weighted by atomic mass is 9.90. The predicted molar refractivity (Wildman–Crippen MR) is 72.9 cm³/mol. The largest absolute Gasteiger partial charge is 0.493 e. The summed E-state index contributed by atoms with van der Waals surface area (Å²) in [7, 11) is 0. The maximum atomic E-state index is 5.79. The monoisotopic (exact) mass is 259 g/mol. The second-order valence-corrected chi connectivity index (χ2v) is 5.31. The summed E-state index contributed by atoms with van der Waals surface area (Å²) in [6, 6.07) is 7.86. The van der Waals surface area contributed by atoms with E-state index in [-0.39, 0.29) is 5.41 Å². The van der Waals surface area contributed by atoms with Gasteiger partial charge < -0.3 is 15.2 Å². The lowest BCUT2D eigenvalue weighted by molar-refractivity contribution is -0.120. The second kappa shape index (κ2) is 4.59. The highest BCUT2D eigenvalue weighted by atomic mass is 16.5. The Bertz CT molecular complexity index is 558. The van der Waals surface area contributed by atoms with Crippen LogP contribution < -0.4 is 10.5 Å². The molecule has 0 atom stereocenters. The number of ether oxygens (including phenoxy) is 2. The van der Waals surface area contributed by atoms with Crippen LogP contribution in [0.2, 0.25) is 0 Å². The number of nitrogen functional groups attached to an aromatic ring is 1. The number of anilines is 1. The molecular formula is C14H17N3O2. The quantitative estimate of drug-likeness (QED) is 0.881. The first-order chi connectivity index (χ1) is 9.16. The van der Waals surface area contributed by atoms with Crippen molar-refractivity contribution in [2.45, 2.75) is 6.92 Å². The summed E-state index contributed by atoms with van der Waals surface area (Å²) in [6.07, 6.45) is 1.72. The van der Waals surface area contributed by atoms with Crippen LogP contribution in [0, 0.1) is 5.41 Å². The molecule has 5 nitrogen and oxygen atoms in total. The Morgan fingerprint density at radius 3 is 2.63 bits per heavy atom. The first kappa shape index (κ1) is 12.0. The number of nitrogens with zero attached hydrogens (tertiary/aromatic N) is 1. The van der Waals surface area contributed by atoms with Crippen LogP contribution in [-0.2, 0) is 4.74 Å². The van der Waals surface area contributed by atoms with E-state index in [1.165, 1.54) is 0 Å². The highest BCUT2D eigenvalue weighted by molar-refractivity contribution is 5.73. The van der Waals surface area contributed by atoms with Crippen molar-refractivity contribution in [3.63, 3.8) is 0 Å². The first-order valence-electron chi connectivity index (χ1n) is 6.26. The molecule has 0 radical (unpaired) electrons. The summed E-state index contributed by atoms with van der Waals surface area (Å²) < 4.78 is 11.0. The zero-order valence-corrected chi connectivity index (χ0v) is 10.8. The van der Waals surface area contributed by atoms with Crippen molar-refractivity contribution in [3.8, 4) is 16.9 Å². The van der Waals surface area contributed by atoms with E-state index < -0.39 is 0 Å². The Labute approximate surface area is 111 Å². The topological polar surface area (TPSA) is 73.2 Å². The van der Waals surface area contributed by atoms with Crippen LogP contribution >= 0.6 is 0 Å². The molecule has 3 N–H and O–H groups in total. The van der Waals surface area contributed by atoms with Gasteiger partial charge in [0.2, 0.25) is 0 Å². The zero-order chi connectivity index (χ0) is 13.3.